The minimum atomic E-state index is 0.182. The molecule has 0 saturated heterocycles. The molecule has 1 aromatic carbocycles. The predicted octanol–water partition coefficient (Wildman–Crippen LogP) is 3.24. The zero-order chi connectivity index (χ0) is 14.8. The normalized spacial score (nSPS) is 13.0. The number of aryl methyl sites for hydroxylation is 1. The third-order valence-electron chi connectivity index (χ3n) is 3.17. The lowest BCUT2D eigenvalue weighted by Crippen LogP contribution is -2.15. The number of hydrogen-bond donors (Lipinski definition) is 2. The van der Waals surface area contributed by atoms with Crippen molar-refractivity contribution in [3.8, 4) is 17.2 Å². The molecule has 0 saturated carbocycles. The van der Waals surface area contributed by atoms with E-state index < -0.39 is 0 Å². The van der Waals surface area contributed by atoms with Gasteiger partial charge in [0.25, 0.3) is 0 Å². The van der Waals surface area contributed by atoms with Crippen LogP contribution in [0.1, 0.15) is 11.4 Å². The van der Waals surface area contributed by atoms with Gasteiger partial charge in [-0.1, -0.05) is 0 Å². The average molecular weight is 351 g/mol. The van der Waals surface area contributed by atoms with Crippen LogP contribution in [0.2, 0.25) is 0 Å². The van der Waals surface area contributed by atoms with E-state index in [0.717, 1.165) is 21.6 Å². The van der Waals surface area contributed by atoms with Gasteiger partial charge in [0.2, 0.25) is 0 Å². The van der Waals surface area contributed by atoms with E-state index in [-0.39, 0.29) is 5.75 Å². The molecule has 2 aromatic rings. The summed E-state index contributed by atoms with van der Waals surface area (Å²) < 4.78 is 12.0. The third-order valence-corrected chi connectivity index (χ3v) is 3.82. The molecule has 2 N–H and O–H groups in total. The number of halogens is 1. The summed E-state index contributed by atoms with van der Waals surface area (Å²) in [5, 5.41) is 13.1. The summed E-state index contributed by atoms with van der Waals surface area (Å²) in [5.74, 6) is 1.63. The number of pyridine rings is 1. The molecule has 1 aliphatic heterocycles. The molecule has 1 aliphatic rings. The van der Waals surface area contributed by atoms with Crippen molar-refractivity contribution in [2.45, 2.75) is 13.5 Å². The number of nitrogens with zero attached hydrogens (tertiary/aromatic N) is 1. The highest BCUT2D eigenvalue weighted by molar-refractivity contribution is 9.10. The highest BCUT2D eigenvalue weighted by atomic mass is 79.9. The molecule has 0 amide bonds. The summed E-state index contributed by atoms with van der Waals surface area (Å²) in [7, 11) is 0. The van der Waals surface area contributed by atoms with Crippen LogP contribution >= 0.6 is 15.9 Å². The number of ether oxygens (including phenoxy) is 2. The van der Waals surface area contributed by atoms with E-state index in [9.17, 15) is 5.11 Å². The molecule has 2 heterocycles. The number of rotatable bonds is 3. The van der Waals surface area contributed by atoms with Gasteiger partial charge in [-0.15, -0.1) is 0 Å². The van der Waals surface area contributed by atoms with Crippen LogP contribution in [0, 0.1) is 6.92 Å². The zero-order valence-corrected chi connectivity index (χ0v) is 13.1. The quantitative estimate of drug-likeness (QED) is 0.889. The zero-order valence-electron chi connectivity index (χ0n) is 11.5. The lowest BCUT2D eigenvalue weighted by molar-refractivity contribution is 0.171. The Balaban J connectivity index is 1.80. The summed E-state index contributed by atoms with van der Waals surface area (Å²) in [6, 6.07) is 7.18. The maximum Gasteiger partial charge on any atom is 0.163 e. The number of hydrogen-bond acceptors (Lipinski definition) is 5. The van der Waals surface area contributed by atoms with Crippen molar-refractivity contribution in [3.05, 3.63) is 40.1 Å². The Bertz CT molecular complexity index is 676. The molecule has 1 aromatic heterocycles. The van der Waals surface area contributed by atoms with E-state index >= 15 is 0 Å². The van der Waals surface area contributed by atoms with Gasteiger partial charge in [0.05, 0.1) is 12.2 Å². The number of aromatic hydroxyl groups is 1. The fraction of sp³-hybridized carbons (Fsp3) is 0.267. The molecule has 5 nitrogen and oxygen atoms in total. The largest absolute Gasteiger partial charge is 0.506 e. The molecular weight excluding hydrogens is 336 g/mol. The van der Waals surface area contributed by atoms with Gasteiger partial charge in [0.15, 0.2) is 11.5 Å². The van der Waals surface area contributed by atoms with E-state index in [4.69, 9.17) is 9.47 Å². The Morgan fingerprint density at radius 3 is 2.71 bits per heavy atom. The number of benzene rings is 1. The average Bonchev–Trinajstić information content (AvgIpc) is 2.48. The third kappa shape index (κ3) is 3.05. The monoisotopic (exact) mass is 350 g/mol. The molecule has 6 heteroatoms. The second kappa shape index (κ2) is 5.81. The molecule has 0 aliphatic carbocycles. The van der Waals surface area contributed by atoms with Gasteiger partial charge in [-0.3, -0.25) is 4.98 Å². The first kappa shape index (κ1) is 14.0. The number of anilines is 1. The topological polar surface area (TPSA) is 63.6 Å². The Morgan fingerprint density at radius 2 is 1.95 bits per heavy atom. The highest BCUT2D eigenvalue weighted by Gasteiger charge is 2.15. The van der Waals surface area contributed by atoms with E-state index in [1.165, 1.54) is 0 Å². The summed E-state index contributed by atoms with van der Waals surface area (Å²) in [6.07, 6.45) is 0. The van der Waals surface area contributed by atoms with Crippen LogP contribution in [0.25, 0.3) is 0 Å². The Labute approximate surface area is 131 Å². The lowest BCUT2D eigenvalue weighted by atomic mass is 10.2. The molecule has 21 heavy (non-hydrogen) atoms. The van der Waals surface area contributed by atoms with Gasteiger partial charge < -0.3 is 19.9 Å². The van der Waals surface area contributed by atoms with Crippen molar-refractivity contribution in [3.63, 3.8) is 0 Å². The van der Waals surface area contributed by atoms with Crippen LogP contribution in [0.5, 0.6) is 17.2 Å². The van der Waals surface area contributed by atoms with Crippen molar-refractivity contribution in [1.29, 1.82) is 0 Å². The van der Waals surface area contributed by atoms with Crippen LogP contribution in [-0.2, 0) is 6.54 Å². The van der Waals surface area contributed by atoms with Crippen molar-refractivity contribution in [2.24, 2.45) is 0 Å². The maximum absolute atomic E-state index is 9.82. The smallest absolute Gasteiger partial charge is 0.163 e. The van der Waals surface area contributed by atoms with Gasteiger partial charge in [0.1, 0.15) is 24.7 Å². The number of nitrogens with one attached hydrogen (secondary N) is 1. The van der Waals surface area contributed by atoms with Crippen molar-refractivity contribution in [1.82, 2.24) is 4.98 Å². The molecule has 0 bridgehead atoms. The number of fused-ring (bicyclic) bond motifs is 1. The standard InChI is InChI=1S/C15H15BrN2O3/c1-9-2-3-13(19)12(18-9)8-17-11-7-15-14(6-10(11)16)20-4-5-21-15/h2-3,6-7,17,19H,4-5,8H2,1H3. The van der Waals surface area contributed by atoms with Gasteiger partial charge in [0, 0.05) is 22.3 Å². The maximum atomic E-state index is 9.82. The van der Waals surface area contributed by atoms with Crippen LogP contribution in [0.3, 0.4) is 0 Å². The minimum absolute atomic E-state index is 0.182. The fourth-order valence-corrected chi connectivity index (χ4v) is 2.57. The second-order valence-electron chi connectivity index (χ2n) is 4.75. The van der Waals surface area contributed by atoms with Gasteiger partial charge in [-0.05, 0) is 35.0 Å². The Hall–Kier alpha value is -1.95. The van der Waals surface area contributed by atoms with E-state index in [1.54, 1.807) is 12.1 Å². The van der Waals surface area contributed by atoms with Crippen molar-refractivity contribution >= 4 is 21.6 Å². The first-order chi connectivity index (χ1) is 10.1. The summed E-state index contributed by atoms with van der Waals surface area (Å²) >= 11 is 3.50. The summed E-state index contributed by atoms with van der Waals surface area (Å²) in [4.78, 5) is 4.32. The Morgan fingerprint density at radius 1 is 1.24 bits per heavy atom. The lowest BCUT2D eigenvalue weighted by Gasteiger charge is -2.20. The molecule has 0 unspecified atom stereocenters. The SMILES string of the molecule is Cc1ccc(O)c(CNc2cc3c(cc2Br)OCCO3)n1. The van der Waals surface area contributed by atoms with Crippen molar-refractivity contribution < 1.29 is 14.6 Å². The molecular formula is C15H15BrN2O3. The molecule has 0 radical (unpaired) electrons. The second-order valence-corrected chi connectivity index (χ2v) is 5.60. The molecule has 0 fully saturated rings. The van der Waals surface area contributed by atoms with Gasteiger partial charge >= 0.3 is 0 Å². The molecule has 0 atom stereocenters. The predicted molar refractivity (Wildman–Crippen MR) is 83.1 cm³/mol. The minimum Gasteiger partial charge on any atom is -0.506 e. The fourth-order valence-electron chi connectivity index (χ4n) is 2.11. The summed E-state index contributed by atoms with van der Waals surface area (Å²) in [6.45, 7) is 3.43. The van der Waals surface area contributed by atoms with E-state index in [2.05, 4.69) is 26.2 Å². The van der Waals surface area contributed by atoms with Crippen molar-refractivity contribution in [2.75, 3.05) is 18.5 Å². The Kier molecular flexibility index (Phi) is 3.88. The van der Waals surface area contributed by atoms with Gasteiger partial charge in [-0.2, -0.15) is 0 Å². The van der Waals surface area contributed by atoms with E-state index in [1.807, 2.05) is 19.1 Å². The first-order valence-corrected chi connectivity index (χ1v) is 7.41. The van der Waals surface area contributed by atoms with Crippen LogP contribution in [-0.4, -0.2) is 23.3 Å². The van der Waals surface area contributed by atoms with Crippen LogP contribution in [0.15, 0.2) is 28.7 Å². The van der Waals surface area contributed by atoms with Crippen LogP contribution in [0.4, 0.5) is 5.69 Å². The molecule has 0 spiro atoms. The van der Waals surface area contributed by atoms with Gasteiger partial charge in [-0.25, -0.2) is 0 Å². The van der Waals surface area contributed by atoms with Crippen LogP contribution < -0.4 is 14.8 Å². The molecule has 3 rings (SSSR count). The highest BCUT2D eigenvalue weighted by Crippen LogP contribution is 2.38. The van der Waals surface area contributed by atoms with E-state index in [0.29, 0.717) is 31.2 Å². The summed E-state index contributed by atoms with van der Waals surface area (Å²) in [5.41, 5.74) is 2.34. The molecule has 110 valence electrons. The first-order valence-electron chi connectivity index (χ1n) is 6.62. The number of aromatic nitrogens is 1.